The van der Waals surface area contributed by atoms with E-state index in [9.17, 15) is 28.8 Å². The fourth-order valence-electron chi connectivity index (χ4n) is 13.4. The minimum absolute atomic E-state index is 0.0911. The van der Waals surface area contributed by atoms with E-state index in [2.05, 4.69) is 35.7 Å². The van der Waals surface area contributed by atoms with E-state index >= 15 is 0 Å². The molecule has 141 heavy (non-hydrogen) atoms. The van der Waals surface area contributed by atoms with Crippen LogP contribution in [0.4, 0.5) is 0 Å². The van der Waals surface area contributed by atoms with Crippen LogP contribution in [0.2, 0.25) is 15.1 Å². The molecule has 19 aromatic rings. The van der Waals surface area contributed by atoms with E-state index < -0.39 is 0 Å². The van der Waals surface area contributed by atoms with Crippen LogP contribution in [0, 0.1) is 0 Å². The van der Waals surface area contributed by atoms with Crippen molar-refractivity contribution in [3.63, 3.8) is 0 Å². The number of benzene rings is 12. The number of methoxy groups -OCH3 is 3. The highest BCUT2D eigenvalue weighted by Crippen LogP contribution is 2.27. The summed E-state index contributed by atoms with van der Waals surface area (Å²) in [5.41, 5.74) is 15.2. The van der Waals surface area contributed by atoms with E-state index in [1.165, 1.54) is 35.2 Å². The topological polar surface area (TPSA) is 255 Å². The molecule has 7 aromatic heterocycles. The second-order valence-electron chi connectivity index (χ2n) is 30.6. The number of halogens is 3. The Morgan fingerprint density at radius 2 is 0.582 bits per heavy atom. The highest BCUT2D eigenvalue weighted by atomic mass is 35.5. The fourth-order valence-corrected chi connectivity index (χ4v) is 13.9. The lowest BCUT2D eigenvalue weighted by Crippen LogP contribution is -2.14. The molecule has 19 rings (SSSR count). The van der Waals surface area contributed by atoms with E-state index in [1.807, 2.05) is 304 Å². The van der Waals surface area contributed by atoms with Crippen molar-refractivity contribution in [1.82, 2.24) is 68.5 Å². The first kappa shape index (κ1) is 98.8. The minimum atomic E-state index is -0.265. The monoisotopic (exact) mass is 1920 g/mol. The van der Waals surface area contributed by atoms with E-state index in [0.29, 0.717) is 65.8 Å². The maximum absolute atomic E-state index is 12.7. The van der Waals surface area contributed by atoms with E-state index in [-0.39, 0.29) is 41.9 Å². The lowest BCUT2D eigenvalue weighted by atomic mass is 10.1. The Labute approximate surface area is 829 Å². The van der Waals surface area contributed by atoms with Gasteiger partial charge in [0.25, 0.3) is 35.4 Å². The third-order valence-electron chi connectivity index (χ3n) is 20.7. The normalized spacial score (nSPS) is 10.9. The second-order valence-corrected chi connectivity index (χ2v) is 31.9. The molecule has 696 valence electrons. The standard InChI is InChI=1S/C21H16N4O.C20H18N2O3.C19H15ClN2O.C19H16N2O2.2C18H13ClN2O/c26-21(18-8-11-20(12-9-18)24-15-4-14-22-24)25-16-13-19(23-25)10-7-17-5-2-1-3-6-17;1-24-17-10-11-18(19(14-17)25-2)20(23)22-13-12-16(21-22)9-8-15-6-4-3-5-7-15;20-17-8-4-7-16(13-17)14-19(23)22-12-11-18(21-22)10-9-15-5-2-1-3-6-15;1-23-18-11-8-16(9-12-18)19(22)21-14-13-17(20-21)10-7-15-5-3-2-4-6-15;19-16-8-4-7-15(13-16)18(22)21-12-11-17(20-21)10-9-14-5-2-1-3-6-14;19-16-9-7-15(8-10-16)18(22)21-13-12-17(20-21)11-6-14-4-2-1-3-5-14/h1-16H;3-14H,1-2H3;1-13H,14H2;2-14H,1H3;2*1-13H/b10-7+;9-8+;10-9+;10-7+;10-9+;11-6+. The van der Waals surface area contributed by atoms with Crippen molar-refractivity contribution >= 4 is 143 Å². The van der Waals surface area contributed by atoms with Crippen molar-refractivity contribution < 1.29 is 43.0 Å². The van der Waals surface area contributed by atoms with Crippen molar-refractivity contribution in [2.45, 2.75) is 6.42 Å². The van der Waals surface area contributed by atoms with Crippen LogP contribution in [0.1, 0.15) is 130 Å². The van der Waals surface area contributed by atoms with E-state index in [4.69, 9.17) is 49.0 Å². The van der Waals surface area contributed by atoms with Gasteiger partial charge in [-0.2, -0.15) is 35.7 Å². The van der Waals surface area contributed by atoms with Gasteiger partial charge in [0.1, 0.15) is 17.2 Å². The average molecular weight is 1920 g/mol. The first-order valence-corrected chi connectivity index (χ1v) is 45.3. The Kier molecular flexibility index (Phi) is 35.7. The lowest BCUT2D eigenvalue weighted by Gasteiger charge is -2.09. The van der Waals surface area contributed by atoms with Crippen LogP contribution >= 0.6 is 34.8 Å². The molecule has 0 saturated carbocycles. The Hall–Kier alpha value is -18.2. The molecule has 12 aromatic carbocycles. The highest BCUT2D eigenvalue weighted by molar-refractivity contribution is 6.31. The van der Waals surface area contributed by atoms with Crippen LogP contribution in [0.25, 0.3) is 78.6 Å². The van der Waals surface area contributed by atoms with Crippen molar-refractivity contribution in [1.29, 1.82) is 0 Å². The molecule has 0 N–H and O–H groups in total. The van der Waals surface area contributed by atoms with E-state index in [0.717, 1.165) is 73.1 Å². The Morgan fingerprint density at radius 3 is 0.922 bits per heavy atom. The average Bonchev–Trinajstić information content (AvgIpc) is 1.64. The van der Waals surface area contributed by atoms with Crippen LogP contribution in [0.3, 0.4) is 0 Å². The zero-order valence-electron chi connectivity index (χ0n) is 76.5. The van der Waals surface area contributed by atoms with Crippen molar-refractivity contribution in [3.8, 4) is 22.9 Å². The Balaban J connectivity index is 0.000000135. The van der Waals surface area contributed by atoms with Gasteiger partial charge in [-0.15, -0.1) is 0 Å². The van der Waals surface area contributed by atoms with Gasteiger partial charge in [0, 0.05) is 93.0 Å². The number of carbonyl (C=O) groups excluding carboxylic acids is 6. The predicted octanol–water partition coefficient (Wildman–Crippen LogP) is 24.8. The van der Waals surface area contributed by atoms with Crippen molar-refractivity contribution in [3.05, 3.63) is 530 Å². The zero-order valence-corrected chi connectivity index (χ0v) is 78.7. The predicted molar refractivity (Wildman–Crippen MR) is 559 cm³/mol. The summed E-state index contributed by atoms with van der Waals surface area (Å²) in [7, 11) is 4.67. The van der Waals surface area contributed by atoms with Gasteiger partial charge in [-0.1, -0.05) is 271 Å². The molecular weight excluding hydrogens is 1830 g/mol. The summed E-state index contributed by atoms with van der Waals surface area (Å²) in [6.07, 6.45) is 36.8. The smallest absolute Gasteiger partial charge is 0.281 e. The van der Waals surface area contributed by atoms with E-state index in [1.54, 1.807) is 202 Å². The molecule has 0 aliphatic rings. The number of carbonyl (C=O) groups is 6. The molecule has 0 aliphatic heterocycles. The van der Waals surface area contributed by atoms with Gasteiger partial charge in [0.2, 0.25) is 0 Å². The van der Waals surface area contributed by atoms with Crippen LogP contribution in [-0.2, 0) is 6.42 Å². The van der Waals surface area contributed by atoms with Crippen LogP contribution < -0.4 is 14.2 Å². The van der Waals surface area contributed by atoms with Gasteiger partial charge >= 0.3 is 0 Å². The maximum atomic E-state index is 12.7. The molecule has 0 unspecified atom stereocenters. The fraction of sp³-hybridized carbons (Fsp3) is 0.0348. The molecule has 0 bridgehead atoms. The largest absolute Gasteiger partial charge is 0.497 e. The Morgan fingerprint density at radius 1 is 0.262 bits per heavy atom. The number of hydrogen-bond donors (Lipinski definition) is 0. The number of hydrogen-bond acceptors (Lipinski definition) is 16. The van der Waals surface area contributed by atoms with Gasteiger partial charge in [0.05, 0.1) is 73.2 Å². The summed E-state index contributed by atoms with van der Waals surface area (Å²) in [6, 6.07) is 112. The first-order chi connectivity index (χ1) is 68.9. The zero-order chi connectivity index (χ0) is 98.3. The third kappa shape index (κ3) is 29.9. The van der Waals surface area contributed by atoms with Crippen molar-refractivity contribution in [2.24, 2.45) is 0 Å². The van der Waals surface area contributed by atoms with Crippen LogP contribution in [-0.4, -0.2) is 125 Å². The van der Waals surface area contributed by atoms with Gasteiger partial charge in [-0.3, -0.25) is 28.8 Å². The molecular formula is C115H91Cl3N14O9. The summed E-state index contributed by atoms with van der Waals surface area (Å²) in [5.74, 6) is 0.696. The van der Waals surface area contributed by atoms with Gasteiger partial charge in [-0.25, -0.2) is 32.8 Å². The van der Waals surface area contributed by atoms with Gasteiger partial charge < -0.3 is 14.2 Å². The second kappa shape index (κ2) is 51.0. The molecule has 0 fully saturated rings. The molecule has 26 heteroatoms. The molecule has 23 nitrogen and oxygen atoms in total. The molecule has 0 aliphatic carbocycles. The van der Waals surface area contributed by atoms with Gasteiger partial charge in [0.15, 0.2) is 0 Å². The minimum Gasteiger partial charge on any atom is -0.497 e. The summed E-state index contributed by atoms with van der Waals surface area (Å²) in [6.45, 7) is 0. The molecule has 0 amide bonds. The molecule has 0 saturated heterocycles. The summed E-state index contributed by atoms with van der Waals surface area (Å²) in [4.78, 5) is 74.5. The van der Waals surface area contributed by atoms with Crippen LogP contribution in [0.15, 0.2) is 414 Å². The maximum Gasteiger partial charge on any atom is 0.281 e. The highest BCUT2D eigenvalue weighted by Gasteiger charge is 2.19. The number of nitrogens with zero attached hydrogens (tertiary/aromatic N) is 14. The SMILES string of the molecule is COc1ccc(C(=O)n2ccc(/C=C/c3ccccc3)n2)c(OC)c1.COc1ccc(C(=O)n2ccc(/C=C/c3ccccc3)n2)cc1.O=C(Cc1cccc(Cl)c1)n1ccc(/C=C/c2ccccc2)n1.O=C(c1ccc(-n2cccn2)cc1)n1ccc(/C=C/c2ccccc2)n1.O=C(c1ccc(Cl)cc1)n1ccc(/C=C/c2ccccc2)n1.O=C(c1cccc(Cl)c1)n1ccc(/C=C/c2ccccc2)n1. The number of ether oxygens (including phenoxy) is 3. The molecule has 0 atom stereocenters. The van der Waals surface area contributed by atoms with Crippen LogP contribution in [0.5, 0.6) is 17.2 Å². The first-order valence-electron chi connectivity index (χ1n) is 44.1. The Bertz CT molecular complexity index is 7520. The number of aromatic nitrogens is 14. The molecule has 0 spiro atoms. The quantitative estimate of drug-likeness (QED) is 0.0577. The summed E-state index contributed by atoms with van der Waals surface area (Å²) < 4.78 is 25.3. The molecule has 7 heterocycles. The third-order valence-corrected chi connectivity index (χ3v) is 21.4. The molecule has 0 radical (unpaired) electrons. The summed E-state index contributed by atoms with van der Waals surface area (Å²) >= 11 is 17.7. The van der Waals surface area contributed by atoms with Crippen molar-refractivity contribution in [2.75, 3.05) is 21.3 Å². The van der Waals surface area contributed by atoms with Gasteiger partial charge in [-0.05, 0) is 233 Å². The number of rotatable bonds is 23. The lowest BCUT2D eigenvalue weighted by molar-refractivity contribution is 0.0894. The summed E-state index contributed by atoms with van der Waals surface area (Å²) in [5, 5.41) is 31.7.